The number of anilines is 1. The molecule has 0 aromatic carbocycles. The van der Waals surface area contributed by atoms with E-state index in [0.717, 1.165) is 49.3 Å². The van der Waals surface area contributed by atoms with Crippen LogP contribution in [0, 0.1) is 0 Å². The van der Waals surface area contributed by atoms with Crippen LogP contribution in [0.25, 0.3) is 0 Å². The Morgan fingerprint density at radius 3 is 1.86 bits per heavy atom. The summed E-state index contributed by atoms with van der Waals surface area (Å²) < 4.78 is 56.4. The van der Waals surface area contributed by atoms with Gasteiger partial charge in [-0.05, 0) is 89.2 Å². The number of allylic oxidation sites excluding steroid dienone is 14. The van der Waals surface area contributed by atoms with E-state index in [9.17, 15) is 48.3 Å². The number of nitrogens with zero attached hydrogens (tertiary/aromatic N) is 2. The first-order valence-electron chi connectivity index (χ1n) is 24.6. The molecule has 398 valence electrons. The van der Waals surface area contributed by atoms with Gasteiger partial charge in [0.15, 0.2) is 18.1 Å². The lowest BCUT2D eigenvalue weighted by atomic mass is 10.1. The summed E-state index contributed by atoms with van der Waals surface area (Å²) in [6.45, 7) is 1.80. The van der Waals surface area contributed by atoms with E-state index in [4.69, 9.17) is 29.0 Å². The summed E-state index contributed by atoms with van der Waals surface area (Å²) in [5.41, 5.74) is 4.56. The van der Waals surface area contributed by atoms with Crippen molar-refractivity contribution in [3.8, 4) is 0 Å². The lowest BCUT2D eigenvalue weighted by molar-refractivity contribution is -0.161. The number of esters is 2. The number of aliphatic hydroxyl groups excluding tert-OH is 2. The third-order valence-corrected chi connectivity index (χ3v) is 13.0. The largest absolute Gasteiger partial charge is 0.481 e. The second-order valence-electron chi connectivity index (χ2n) is 16.6. The topological polar surface area (TPSA) is 283 Å². The number of ketones is 1. The Morgan fingerprint density at radius 1 is 0.718 bits per heavy atom. The van der Waals surface area contributed by atoms with Crippen molar-refractivity contribution in [2.45, 2.75) is 166 Å². The third-order valence-electron chi connectivity index (χ3n) is 10.4. The number of nitrogen functional groups attached to an aromatic ring is 1. The molecule has 1 aromatic rings. The number of hydrogen-bond donors (Lipinski definition) is 5. The van der Waals surface area contributed by atoms with Gasteiger partial charge < -0.3 is 39.9 Å². The molecule has 2 rings (SSSR count). The van der Waals surface area contributed by atoms with Gasteiger partial charge in [-0.15, -0.1) is 0 Å². The van der Waals surface area contributed by atoms with Crippen molar-refractivity contribution in [3.05, 3.63) is 108 Å². The van der Waals surface area contributed by atoms with Crippen molar-refractivity contribution < 1.29 is 71.1 Å². The Kier molecular flexibility index (Phi) is 33.0. The molecule has 1 saturated heterocycles. The molecule has 0 bridgehead atoms. The quantitative estimate of drug-likeness (QED) is 0.0103. The third kappa shape index (κ3) is 30.3. The summed E-state index contributed by atoms with van der Waals surface area (Å²) in [4.78, 5) is 74.2. The highest BCUT2D eigenvalue weighted by molar-refractivity contribution is 7.61. The molecule has 1 aromatic heterocycles. The zero-order chi connectivity index (χ0) is 52.2. The molecule has 0 aliphatic carbocycles. The van der Waals surface area contributed by atoms with Gasteiger partial charge in [-0.3, -0.25) is 28.0 Å². The zero-order valence-electron chi connectivity index (χ0n) is 41.2. The van der Waals surface area contributed by atoms with E-state index in [1.165, 1.54) is 50.7 Å². The van der Waals surface area contributed by atoms with Crippen molar-refractivity contribution in [1.29, 1.82) is 0 Å². The highest BCUT2D eigenvalue weighted by atomic mass is 31.3. The van der Waals surface area contributed by atoms with E-state index in [-0.39, 0.29) is 37.3 Å². The average molecular weight is 1040 g/mol. The van der Waals surface area contributed by atoms with Gasteiger partial charge in [-0.1, -0.05) is 119 Å². The van der Waals surface area contributed by atoms with Crippen molar-refractivity contribution in [2.24, 2.45) is 0 Å². The van der Waals surface area contributed by atoms with Crippen molar-refractivity contribution in [3.63, 3.8) is 0 Å². The number of nitrogens with two attached hydrogens (primary N) is 1. The molecule has 1 aliphatic rings. The predicted octanol–water partition coefficient (Wildman–Crippen LogP) is 9.06. The molecule has 21 heteroatoms. The van der Waals surface area contributed by atoms with Gasteiger partial charge in [-0.2, -0.15) is 9.29 Å². The number of carbonyl (C=O) groups is 3. The van der Waals surface area contributed by atoms with Crippen LogP contribution >= 0.6 is 15.6 Å². The number of carbonyl (C=O) groups excluding carboxylic acids is 3. The summed E-state index contributed by atoms with van der Waals surface area (Å²) in [5, 5.41) is 20.9. The number of rotatable bonds is 39. The molecule has 19 nitrogen and oxygen atoms in total. The summed E-state index contributed by atoms with van der Waals surface area (Å²) in [5.74, 6) is -1.86. The number of phosphoric acid groups is 2. The normalized spacial score (nSPS) is 19.8. The molecule has 6 N–H and O–H groups in total. The van der Waals surface area contributed by atoms with Gasteiger partial charge in [0, 0.05) is 25.5 Å². The first-order valence-corrected chi connectivity index (χ1v) is 27.5. The maximum atomic E-state index is 12.8. The number of unbranched alkanes of at least 4 members (excludes halogenated alkanes) is 8. The molecular weight excluding hydrogens is 961 g/mol. The summed E-state index contributed by atoms with van der Waals surface area (Å²) in [6, 6.07) is 1.23. The predicted molar refractivity (Wildman–Crippen MR) is 270 cm³/mol. The number of ether oxygens (including phenoxy) is 3. The van der Waals surface area contributed by atoms with E-state index in [2.05, 4.69) is 65.7 Å². The molecule has 0 saturated carbocycles. The Labute approximate surface area is 418 Å². The molecule has 0 spiro atoms. The molecule has 0 radical (unpaired) electrons. The van der Waals surface area contributed by atoms with Crippen molar-refractivity contribution in [2.75, 3.05) is 25.6 Å². The van der Waals surface area contributed by atoms with Crippen LogP contribution in [0.2, 0.25) is 0 Å². The lowest BCUT2D eigenvalue weighted by Crippen LogP contribution is -2.36. The maximum Gasteiger partial charge on any atom is 0.481 e. The van der Waals surface area contributed by atoms with Gasteiger partial charge >= 0.3 is 33.3 Å². The number of aromatic nitrogens is 2. The molecule has 7 atom stereocenters. The fraction of sp³-hybridized carbons (Fsp3) is 0.580. The molecular formula is C50H77N3O16P2. The summed E-state index contributed by atoms with van der Waals surface area (Å²) in [7, 11) is -11.0. The molecule has 1 fully saturated rings. The Hall–Kier alpha value is -4.39. The minimum Gasteiger partial charge on any atom is -0.462 e. The van der Waals surface area contributed by atoms with E-state index >= 15 is 0 Å². The van der Waals surface area contributed by atoms with Gasteiger partial charge in [0.05, 0.1) is 13.2 Å². The van der Waals surface area contributed by atoms with Crippen molar-refractivity contribution in [1.82, 2.24) is 9.55 Å². The highest BCUT2D eigenvalue weighted by Crippen LogP contribution is 2.60. The first kappa shape index (κ1) is 62.7. The van der Waals surface area contributed by atoms with Gasteiger partial charge in [0.2, 0.25) is 0 Å². The molecule has 2 unspecified atom stereocenters. The average Bonchev–Trinajstić information content (AvgIpc) is 3.60. The molecule has 1 aliphatic heterocycles. The molecule has 2 heterocycles. The SMILES string of the molecule is CCCCC/C=C\C/C=C\C/C=C\C=C\C(=O)CCCC(=O)O[C@H](COC(=O)CCCC/C=C\C/C=C\C/C=C\CCCCC)COP(=O)(O)OP(=O)(O)OC[C@H]1O[C@@H](n2ccc(N)nc2=O)[C@H](O)[C@@H]1O. The monoisotopic (exact) mass is 1040 g/mol. The summed E-state index contributed by atoms with van der Waals surface area (Å²) >= 11 is 0. The van der Waals surface area contributed by atoms with Crippen LogP contribution in [0.15, 0.2) is 102 Å². The van der Waals surface area contributed by atoms with Gasteiger partial charge in [0.25, 0.3) is 0 Å². The standard InChI is InChI=1S/C50H77N3O16P2/c1-3-5-7-9-11-13-15-17-18-20-22-24-26-28-30-34-45(55)64-38-42(67-46(56)35-31-33-41(54)32-29-27-25-23-21-19-16-14-12-10-8-6-4-2)39-65-70(60,61)69-71(62,63)66-40-43-47(57)48(58)49(68-43)53-37-36-44(51)52-50(53)59/h11-14,17-19,21-22,24-25,27,29,32,36-37,42-43,47-49,57-58H,3-10,15-16,20,23,26,28,30-31,33-35,38-40H2,1-2H3,(H,60,61)(H,62,63)(H2,51,52,59)/b13-11-,14-12-,18-17-,21-19-,24-22-,27-25-,32-29+/t42-,43-,47-,48-,49-/m1/s1. The smallest absolute Gasteiger partial charge is 0.462 e. The van der Waals surface area contributed by atoms with Crippen LogP contribution in [-0.4, -0.2) is 91.5 Å². The van der Waals surface area contributed by atoms with Gasteiger partial charge in [-0.25, -0.2) is 13.9 Å². The second-order valence-corrected chi connectivity index (χ2v) is 19.7. The van der Waals surface area contributed by atoms with Crippen molar-refractivity contribution >= 4 is 39.2 Å². The van der Waals surface area contributed by atoms with Crippen LogP contribution in [0.5, 0.6) is 0 Å². The minimum atomic E-state index is -5.49. The fourth-order valence-electron chi connectivity index (χ4n) is 6.57. The van der Waals surface area contributed by atoms with E-state index in [0.29, 0.717) is 19.3 Å². The van der Waals surface area contributed by atoms with E-state index < -0.39 is 83.7 Å². The van der Waals surface area contributed by atoms with Gasteiger partial charge in [0.1, 0.15) is 30.7 Å². The summed E-state index contributed by atoms with van der Waals surface area (Å²) in [6.07, 6.45) is 35.4. The van der Waals surface area contributed by atoms with Crippen LogP contribution in [0.4, 0.5) is 5.82 Å². The van der Waals surface area contributed by atoms with E-state index in [1.54, 1.807) is 12.2 Å². The maximum absolute atomic E-state index is 12.8. The Bertz CT molecular complexity index is 2080. The number of hydrogen-bond acceptors (Lipinski definition) is 16. The molecule has 0 amide bonds. The lowest BCUT2D eigenvalue weighted by Gasteiger charge is -2.21. The number of phosphoric ester groups is 2. The second kappa shape index (κ2) is 37.4. The molecule has 71 heavy (non-hydrogen) atoms. The number of aliphatic hydroxyl groups is 2. The van der Waals surface area contributed by atoms with E-state index in [1.807, 2.05) is 24.3 Å². The van der Waals surface area contributed by atoms with Crippen LogP contribution in [0.1, 0.15) is 142 Å². The Balaban J connectivity index is 1.89. The van der Waals surface area contributed by atoms with Crippen LogP contribution in [0.3, 0.4) is 0 Å². The van der Waals surface area contributed by atoms with Crippen LogP contribution in [-0.2, 0) is 51.1 Å². The Morgan fingerprint density at radius 2 is 1.27 bits per heavy atom. The first-order chi connectivity index (χ1) is 34.1. The fourth-order valence-corrected chi connectivity index (χ4v) is 8.68. The minimum absolute atomic E-state index is 0.00788. The van der Waals surface area contributed by atoms with Crippen LogP contribution < -0.4 is 11.4 Å². The zero-order valence-corrected chi connectivity index (χ0v) is 43.0. The highest BCUT2D eigenvalue weighted by Gasteiger charge is 2.46.